The van der Waals surface area contributed by atoms with Gasteiger partial charge in [-0.2, -0.15) is 0 Å². The minimum Gasteiger partial charge on any atom is -0.454 e. The number of carbonyl (C=O) groups is 4. The van der Waals surface area contributed by atoms with Gasteiger partial charge in [-0.25, -0.2) is 4.79 Å². The van der Waals surface area contributed by atoms with E-state index < -0.39 is 42.5 Å². The third kappa shape index (κ3) is 5.81. The standard InChI is InChI=1S/C22H31N3O5/c1-5-7-12-22(4)20(28)25(21(29)24-22)13-19(27)30-14-18(26)23-17-10-8-16(9-11-17)15(3)6-2/h8-11,15H,5-7,12-14H2,1-4H3,(H,23,26)(H,24,29)/t15-,22+/m1/s1. The van der Waals surface area contributed by atoms with Crippen molar-refractivity contribution < 1.29 is 23.9 Å². The highest BCUT2D eigenvalue weighted by atomic mass is 16.5. The fourth-order valence-electron chi connectivity index (χ4n) is 3.24. The normalized spacial score (nSPS) is 19.4. The molecule has 30 heavy (non-hydrogen) atoms. The highest BCUT2D eigenvalue weighted by Crippen LogP contribution is 2.23. The van der Waals surface area contributed by atoms with Gasteiger partial charge in [0.1, 0.15) is 12.1 Å². The number of urea groups is 1. The SMILES string of the molecule is CCCC[C@]1(C)NC(=O)N(CC(=O)OCC(=O)Nc2ccc([C@H](C)CC)cc2)C1=O. The molecule has 1 fully saturated rings. The average molecular weight is 418 g/mol. The molecule has 0 radical (unpaired) electrons. The molecule has 0 aromatic heterocycles. The number of hydrogen-bond donors (Lipinski definition) is 2. The second-order valence-corrected chi connectivity index (χ2v) is 7.90. The molecule has 2 atom stereocenters. The van der Waals surface area contributed by atoms with Gasteiger partial charge in [0.25, 0.3) is 11.8 Å². The molecule has 2 N–H and O–H groups in total. The van der Waals surface area contributed by atoms with Crippen molar-refractivity contribution in [3.05, 3.63) is 29.8 Å². The lowest BCUT2D eigenvalue weighted by Crippen LogP contribution is -2.44. The Kier molecular flexibility index (Phi) is 7.97. The van der Waals surface area contributed by atoms with Crippen molar-refractivity contribution in [2.24, 2.45) is 0 Å². The number of carbonyl (C=O) groups excluding carboxylic acids is 4. The maximum atomic E-state index is 12.5. The Morgan fingerprint density at radius 1 is 1.20 bits per heavy atom. The van der Waals surface area contributed by atoms with Crippen LogP contribution in [0.4, 0.5) is 10.5 Å². The summed E-state index contributed by atoms with van der Waals surface area (Å²) in [5, 5.41) is 5.29. The number of unbranched alkanes of at least 4 members (excludes halogenated alkanes) is 1. The predicted molar refractivity (Wildman–Crippen MR) is 113 cm³/mol. The Hall–Kier alpha value is -2.90. The first-order valence-electron chi connectivity index (χ1n) is 10.4. The van der Waals surface area contributed by atoms with Crippen LogP contribution in [-0.4, -0.2) is 47.4 Å². The molecule has 0 spiro atoms. The zero-order valence-electron chi connectivity index (χ0n) is 18.1. The van der Waals surface area contributed by atoms with Crippen LogP contribution in [0.15, 0.2) is 24.3 Å². The van der Waals surface area contributed by atoms with Crippen molar-refractivity contribution in [2.75, 3.05) is 18.5 Å². The lowest BCUT2D eigenvalue weighted by molar-refractivity contribution is -0.150. The van der Waals surface area contributed by atoms with Crippen molar-refractivity contribution in [1.29, 1.82) is 0 Å². The quantitative estimate of drug-likeness (QED) is 0.449. The highest BCUT2D eigenvalue weighted by Gasteiger charge is 2.47. The lowest BCUT2D eigenvalue weighted by atomic mass is 9.95. The fraction of sp³-hybridized carbons (Fsp3) is 0.545. The van der Waals surface area contributed by atoms with E-state index in [4.69, 9.17) is 4.74 Å². The van der Waals surface area contributed by atoms with Crippen LogP contribution in [0, 0.1) is 0 Å². The van der Waals surface area contributed by atoms with Crippen molar-refractivity contribution in [2.45, 2.75) is 64.8 Å². The molecular formula is C22H31N3O5. The molecule has 8 heteroatoms. The highest BCUT2D eigenvalue weighted by molar-refractivity contribution is 6.08. The third-order valence-electron chi connectivity index (χ3n) is 5.40. The topological polar surface area (TPSA) is 105 Å². The number of imide groups is 1. The molecular weight excluding hydrogens is 386 g/mol. The number of nitrogens with one attached hydrogen (secondary N) is 2. The molecule has 0 unspecified atom stereocenters. The molecule has 0 saturated carbocycles. The maximum Gasteiger partial charge on any atom is 0.326 e. The first-order chi connectivity index (χ1) is 14.2. The van der Waals surface area contributed by atoms with Gasteiger partial charge in [0.05, 0.1) is 0 Å². The summed E-state index contributed by atoms with van der Waals surface area (Å²) in [6.45, 7) is 6.86. The van der Waals surface area contributed by atoms with Crippen LogP contribution in [0.1, 0.15) is 64.9 Å². The summed E-state index contributed by atoms with van der Waals surface area (Å²) in [4.78, 5) is 49.5. The zero-order valence-corrected chi connectivity index (χ0v) is 18.1. The molecule has 1 saturated heterocycles. The van der Waals surface area contributed by atoms with Crippen LogP contribution < -0.4 is 10.6 Å². The minimum absolute atomic E-state index is 0.435. The number of esters is 1. The van der Waals surface area contributed by atoms with E-state index >= 15 is 0 Å². The Bertz CT molecular complexity index is 792. The summed E-state index contributed by atoms with van der Waals surface area (Å²) >= 11 is 0. The van der Waals surface area contributed by atoms with Crippen LogP contribution in [0.25, 0.3) is 0 Å². The van der Waals surface area contributed by atoms with Gasteiger partial charge in [-0.15, -0.1) is 0 Å². The molecule has 4 amide bonds. The Labute approximate surface area is 177 Å². The van der Waals surface area contributed by atoms with Crippen LogP contribution in [0.5, 0.6) is 0 Å². The summed E-state index contributed by atoms with van der Waals surface area (Å²) in [5.74, 6) is -1.33. The number of amides is 4. The molecule has 0 bridgehead atoms. The molecule has 1 aromatic carbocycles. The van der Waals surface area contributed by atoms with E-state index in [-0.39, 0.29) is 0 Å². The van der Waals surface area contributed by atoms with E-state index in [1.807, 2.05) is 19.1 Å². The number of rotatable bonds is 10. The smallest absolute Gasteiger partial charge is 0.326 e. The molecule has 1 aromatic rings. The summed E-state index contributed by atoms with van der Waals surface area (Å²) in [7, 11) is 0. The van der Waals surface area contributed by atoms with Gasteiger partial charge < -0.3 is 15.4 Å². The summed E-state index contributed by atoms with van der Waals surface area (Å²) in [5.41, 5.74) is 0.775. The van der Waals surface area contributed by atoms with Crippen molar-refractivity contribution >= 4 is 29.5 Å². The average Bonchev–Trinajstić information content (AvgIpc) is 2.94. The lowest BCUT2D eigenvalue weighted by Gasteiger charge is -2.21. The summed E-state index contributed by atoms with van der Waals surface area (Å²) in [6.07, 6.45) is 3.18. The first-order valence-corrected chi connectivity index (χ1v) is 10.4. The minimum atomic E-state index is -1.01. The number of nitrogens with zero attached hydrogens (tertiary/aromatic N) is 1. The van der Waals surface area contributed by atoms with Gasteiger partial charge in [-0.1, -0.05) is 45.7 Å². The Morgan fingerprint density at radius 3 is 2.47 bits per heavy atom. The molecule has 164 valence electrons. The monoisotopic (exact) mass is 417 g/mol. The first kappa shape index (κ1) is 23.4. The predicted octanol–water partition coefficient (Wildman–Crippen LogP) is 3.18. The van der Waals surface area contributed by atoms with Crippen LogP contribution >= 0.6 is 0 Å². The van der Waals surface area contributed by atoms with Gasteiger partial charge >= 0.3 is 12.0 Å². The second kappa shape index (κ2) is 10.2. The zero-order chi connectivity index (χ0) is 22.3. The fourth-order valence-corrected chi connectivity index (χ4v) is 3.24. The van der Waals surface area contributed by atoms with Crippen LogP contribution in [-0.2, 0) is 19.1 Å². The summed E-state index contributed by atoms with van der Waals surface area (Å²) in [6, 6.07) is 6.87. The van der Waals surface area contributed by atoms with E-state index in [0.717, 1.165) is 24.2 Å². The van der Waals surface area contributed by atoms with Gasteiger partial charge in [0, 0.05) is 5.69 Å². The van der Waals surface area contributed by atoms with Gasteiger partial charge in [0.15, 0.2) is 6.61 Å². The molecule has 8 nitrogen and oxygen atoms in total. The van der Waals surface area contributed by atoms with Gasteiger partial charge in [-0.05, 0) is 43.4 Å². The van der Waals surface area contributed by atoms with Gasteiger partial charge in [-0.3, -0.25) is 19.3 Å². The largest absolute Gasteiger partial charge is 0.454 e. The third-order valence-corrected chi connectivity index (χ3v) is 5.40. The van der Waals surface area contributed by atoms with Crippen LogP contribution in [0.2, 0.25) is 0 Å². The summed E-state index contributed by atoms with van der Waals surface area (Å²) < 4.78 is 4.94. The molecule has 2 rings (SSSR count). The maximum absolute atomic E-state index is 12.5. The van der Waals surface area contributed by atoms with E-state index in [9.17, 15) is 19.2 Å². The molecule has 0 aliphatic carbocycles. The molecule has 1 aliphatic rings. The molecule has 1 heterocycles. The number of ether oxygens (including phenoxy) is 1. The number of benzene rings is 1. The van der Waals surface area contributed by atoms with E-state index in [2.05, 4.69) is 24.5 Å². The second-order valence-electron chi connectivity index (χ2n) is 7.90. The Morgan fingerprint density at radius 2 is 1.87 bits per heavy atom. The van der Waals surface area contributed by atoms with E-state index in [1.165, 1.54) is 5.56 Å². The van der Waals surface area contributed by atoms with Crippen molar-refractivity contribution in [3.8, 4) is 0 Å². The van der Waals surface area contributed by atoms with Crippen LogP contribution in [0.3, 0.4) is 0 Å². The van der Waals surface area contributed by atoms with Crippen molar-refractivity contribution in [3.63, 3.8) is 0 Å². The van der Waals surface area contributed by atoms with E-state index in [0.29, 0.717) is 18.0 Å². The van der Waals surface area contributed by atoms with E-state index in [1.54, 1.807) is 19.1 Å². The number of hydrogen-bond acceptors (Lipinski definition) is 5. The Balaban J connectivity index is 1.82. The van der Waals surface area contributed by atoms with Gasteiger partial charge in [0.2, 0.25) is 0 Å². The molecule has 1 aliphatic heterocycles. The number of anilines is 1. The van der Waals surface area contributed by atoms with Crippen molar-refractivity contribution in [1.82, 2.24) is 10.2 Å².